The number of ether oxygens (including phenoxy) is 2. The van der Waals surface area contributed by atoms with Gasteiger partial charge >= 0.3 is 0 Å². The summed E-state index contributed by atoms with van der Waals surface area (Å²) in [4.78, 5) is 8.75. The number of hydrogen-bond acceptors (Lipinski definition) is 6. The fourth-order valence-corrected chi connectivity index (χ4v) is 4.83. The molecule has 0 amide bonds. The van der Waals surface area contributed by atoms with E-state index < -0.39 is 0 Å². The molecule has 0 saturated carbocycles. The average molecular weight is 474 g/mol. The van der Waals surface area contributed by atoms with Crippen LogP contribution in [0.1, 0.15) is 28.8 Å². The van der Waals surface area contributed by atoms with Crippen LogP contribution in [-0.2, 0) is 19.4 Å². The van der Waals surface area contributed by atoms with E-state index in [0.717, 1.165) is 41.5 Å². The second kappa shape index (κ2) is 9.08. The third-order valence-electron chi connectivity index (χ3n) is 6.49. The van der Waals surface area contributed by atoms with Crippen molar-refractivity contribution in [2.24, 2.45) is 0 Å². The summed E-state index contributed by atoms with van der Waals surface area (Å²) in [6, 6.07) is 25.0. The number of nitrogens with zero attached hydrogens (tertiary/aromatic N) is 4. The lowest BCUT2D eigenvalue weighted by atomic mass is 10.1. The van der Waals surface area contributed by atoms with Crippen molar-refractivity contribution < 1.29 is 9.47 Å². The zero-order valence-corrected chi connectivity index (χ0v) is 19.5. The summed E-state index contributed by atoms with van der Waals surface area (Å²) in [5.41, 5.74) is 13.1. The van der Waals surface area contributed by atoms with Crippen LogP contribution in [-0.4, -0.2) is 14.5 Å². The lowest BCUT2D eigenvalue weighted by molar-refractivity contribution is 0.304. The van der Waals surface area contributed by atoms with Gasteiger partial charge in [-0.3, -0.25) is 0 Å². The summed E-state index contributed by atoms with van der Waals surface area (Å²) < 4.78 is 14.2. The monoisotopic (exact) mass is 473 g/mol. The maximum atomic E-state index is 9.28. The molecule has 176 valence electrons. The minimum atomic E-state index is 0.309. The smallest absolute Gasteiger partial charge is 0.151 e. The Hall–Kier alpha value is -4.83. The fourth-order valence-electron chi connectivity index (χ4n) is 4.83. The van der Waals surface area contributed by atoms with E-state index in [1.54, 1.807) is 6.07 Å². The van der Waals surface area contributed by atoms with E-state index in [1.165, 1.54) is 17.6 Å². The van der Waals surface area contributed by atoms with Gasteiger partial charge in [0.25, 0.3) is 0 Å². The summed E-state index contributed by atoms with van der Waals surface area (Å²) >= 11 is 0. The van der Waals surface area contributed by atoms with Gasteiger partial charge in [-0.05, 0) is 67.3 Å². The van der Waals surface area contributed by atoms with Gasteiger partial charge in [0.2, 0.25) is 0 Å². The number of aryl methyl sites for hydroxylation is 1. The second-order valence-corrected chi connectivity index (χ2v) is 8.70. The number of rotatable bonds is 6. The van der Waals surface area contributed by atoms with Crippen molar-refractivity contribution in [1.82, 2.24) is 14.5 Å². The van der Waals surface area contributed by atoms with Crippen molar-refractivity contribution in [3.8, 4) is 29.0 Å². The number of fused-ring (bicyclic) bond motifs is 3. The van der Waals surface area contributed by atoms with E-state index >= 15 is 0 Å². The molecule has 2 heterocycles. The zero-order valence-electron chi connectivity index (χ0n) is 19.5. The molecule has 5 aromatic rings. The molecule has 0 bridgehead atoms. The topological polar surface area (TPSA) is 99.0 Å². The molecular weight excluding hydrogens is 450 g/mol. The summed E-state index contributed by atoms with van der Waals surface area (Å²) in [7, 11) is 0. The molecule has 0 aliphatic heterocycles. The molecule has 1 aliphatic carbocycles. The molecule has 2 N–H and O–H groups in total. The molecule has 36 heavy (non-hydrogen) atoms. The molecule has 0 saturated heterocycles. The normalized spacial score (nSPS) is 12.3. The quantitative estimate of drug-likeness (QED) is 0.338. The van der Waals surface area contributed by atoms with Gasteiger partial charge in [-0.25, -0.2) is 9.97 Å². The molecule has 0 fully saturated rings. The Kier molecular flexibility index (Phi) is 5.47. The van der Waals surface area contributed by atoms with Crippen molar-refractivity contribution in [2.75, 3.05) is 5.73 Å². The van der Waals surface area contributed by atoms with Crippen LogP contribution in [0.2, 0.25) is 0 Å². The first-order chi connectivity index (χ1) is 17.7. The van der Waals surface area contributed by atoms with Gasteiger partial charge in [0.15, 0.2) is 5.82 Å². The predicted octanol–water partition coefficient (Wildman–Crippen LogP) is 5.73. The largest absolute Gasteiger partial charge is 0.489 e. The lowest BCUT2D eigenvalue weighted by Gasteiger charge is -2.12. The first-order valence-corrected chi connectivity index (χ1v) is 11.8. The SMILES string of the molecule is N#Cc1ccccc1COc1cccc(Oc2ccc(-n3c4c(c5ncnc(N)c53)CCC4)cc2)c1. The molecule has 7 heteroatoms. The maximum Gasteiger partial charge on any atom is 0.151 e. The molecule has 1 aliphatic rings. The van der Waals surface area contributed by atoms with Gasteiger partial charge in [0, 0.05) is 23.0 Å². The van der Waals surface area contributed by atoms with Gasteiger partial charge in [-0.1, -0.05) is 24.3 Å². The minimum Gasteiger partial charge on any atom is -0.489 e. The van der Waals surface area contributed by atoms with E-state index in [4.69, 9.17) is 15.2 Å². The number of nitrogens with two attached hydrogens (primary N) is 1. The van der Waals surface area contributed by atoms with E-state index in [-0.39, 0.29) is 0 Å². The van der Waals surface area contributed by atoms with Gasteiger partial charge in [0.05, 0.1) is 17.1 Å². The highest BCUT2D eigenvalue weighted by Crippen LogP contribution is 2.36. The number of nitriles is 1. The summed E-state index contributed by atoms with van der Waals surface area (Å²) in [5, 5.41) is 9.28. The van der Waals surface area contributed by atoms with Crippen molar-refractivity contribution >= 4 is 16.9 Å². The molecule has 0 spiro atoms. The van der Waals surface area contributed by atoms with Crippen LogP contribution in [0.4, 0.5) is 5.82 Å². The lowest BCUT2D eigenvalue weighted by Crippen LogP contribution is -2.02. The standard InChI is InChI=1S/C29H23N5O2/c30-16-19-5-1-2-6-20(19)17-35-23-7-3-8-24(15-23)36-22-13-11-21(12-14-22)34-26-10-4-9-25(26)27-28(34)29(31)33-18-32-27/h1-3,5-8,11-15,18H,4,9-10,17H2,(H2,31,32,33). The Morgan fingerprint density at radius 1 is 0.917 bits per heavy atom. The molecule has 7 nitrogen and oxygen atoms in total. The molecule has 2 aromatic heterocycles. The Morgan fingerprint density at radius 2 is 1.75 bits per heavy atom. The van der Waals surface area contributed by atoms with E-state index in [9.17, 15) is 5.26 Å². The Labute approximate surface area is 208 Å². The number of nitrogen functional groups attached to an aromatic ring is 1. The van der Waals surface area contributed by atoms with Crippen molar-refractivity contribution in [3.63, 3.8) is 0 Å². The van der Waals surface area contributed by atoms with Gasteiger partial charge in [-0.2, -0.15) is 5.26 Å². The van der Waals surface area contributed by atoms with E-state index in [0.29, 0.717) is 35.2 Å². The third-order valence-corrected chi connectivity index (χ3v) is 6.49. The minimum absolute atomic E-state index is 0.309. The van der Waals surface area contributed by atoms with Crippen LogP contribution in [0.25, 0.3) is 16.7 Å². The van der Waals surface area contributed by atoms with Crippen LogP contribution < -0.4 is 15.2 Å². The number of benzene rings is 3. The van der Waals surface area contributed by atoms with Gasteiger partial charge in [-0.15, -0.1) is 0 Å². The third kappa shape index (κ3) is 3.89. The van der Waals surface area contributed by atoms with E-state index in [1.807, 2.05) is 66.7 Å². The van der Waals surface area contributed by atoms with Crippen LogP contribution in [0, 0.1) is 11.3 Å². The Bertz CT molecular complexity index is 1620. The summed E-state index contributed by atoms with van der Waals surface area (Å²) in [6.45, 7) is 0.309. The zero-order chi connectivity index (χ0) is 24.5. The van der Waals surface area contributed by atoms with Crippen molar-refractivity contribution in [2.45, 2.75) is 25.9 Å². The Morgan fingerprint density at radius 3 is 2.61 bits per heavy atom. The van der Waals surface area contributed by atoms with Crippen LogP contribution in [0.5, 0.6) is 17.2 Å². The van der Waals surface area contributed by atoms with E-state index in [2.05, 4.69) is 20.6 Å². The highest BCUT2D eigenvalue weighted by atomic mass is 16.5. The number of aromatic nitrogens is 3. The highest BCUT2D eigenvalue weighted by molar-refractivity contribution is 5.91. The first kappa shape index (κ1) is 21.7. The summed E-state index contributed by atoms with van der Waals surface area (Å²) in [5.74, 6) is 2.53. The second-order valence-electron chi connectivity index (χ2n) is 8.70. The maximum absolute atomic E-state index is 9.28. The van der Waals surface area contributed by atoms with Crippen molar-refractivity contribution in [1.29, 1.82) is 5.26 Å². The molecule has 3 aromatic carbocycles. The molecule has 0 radical (unpaired) electrons. The van der Waals surface area contributed by atoms with Crippen molar-refractivity contribution in [3.05, 3.63) is 102 Å². The number of hydrogen-bond donors (Lipinski definition) is 1. The van der Waals surface area contributed by atoms with Crippen LogP contribution in [0.15, 0.2) is 79.1 Å². The fraction of sp³-hybridized carbons (Fsp3) is 0.138. The van der Waals surface area contributed by atoms with Crippen LogP contribution >= 0.6 is 0 Å². The average Bonchev–Trinajstić information content (AvgIpc) is 3.51. The highest BCUT2D eigenvalue weighted by Gasteiger charge is 2.25. The van der Waals surface area contributed by atoms with Crippen LogP contribution in [0.3, 0.4) is 0 Å². The molecular formula is C29H23N5O2. The first-order valence-electron chi connectivity index (χ1n) is 11.8. The molecule has 0 atom stereocenters. The predicted molar refractivity (Wildman–Crippen MR) is 137 cm³/mol. The molecule has 0 unspecified atom stereocenters. The Balaban J connectivity index is 1.22. The van der Waals surface area contributed by atoms with Gasteiger partial charge < -0.3 is 19.8 Å². The van der Waals surface area contributed by atoms with Gasteiger partial charge in [0.1, 0.15) is 35.7 Å². The molecule has 6 rings (SSSR count). The summed E-state index contributed by atoms with van der Waals surface area (Å²) in [6.07, 6.45) is 4.66. The number of anilines is 1.